The topological polar surface area (TPSA) is 133 Å². The number of hydrogen-bond acceptors (Lipinski definition) is 11. The molecule has 6 atom stereocenters. The number of ether oxygens (including phenoxy) is 2. The summed E-state index contributed by atoms with van der Waals surface area (Å²) >= 11 is 12.0. The summed E-state index contributed by atoms with van der Waals surface area (Å²) in [7, 11) is 4.85. The summed E-state index contributed by atoms with van der Waals surface area (Å²) in [5, 5.41) is 13.9. The summed E-state index contributed by atoms with van der Waals surface area (Å²) in [6.07, 6.45) is -3.58. The van der Waals surface area contributed by atoms with Crippen LogP contribution in [0.3, 0.4) is 0 Å². The fourth-order valence-corrected chi connectivity index (χ4v) is 6.91. The van der Waals surface area contributed by atoms with Gasteiger partial charge in [0, 0.05) is 14.1 Å². The molecule has 218 valence electrons. The SMILES string of the molecule is COC(=O)[C@H](C)N[P@@](=S)(OC[C@@]1(CCl)O[C@@H](n2cnc3c(N(C)C)nc(C)nc32)[C@@H](F)[C@@H]1O)Oc1ccccc1. The number of aliphatic hydroxyl groups is 1. The van der Waals surface area contributed by atoms with E-state index in [1.807, 2.05) is 0 Å². The molecule has 0 unspecified atom stereocenters. The molecule has 40 heavy (non-hydrogen) atoms. The van der Waals surface area contributed by atoms with Crippen LogP contribution in [0.15, 0.2) is 36.7 Å². The molecule has 12 nitrogen and oxygen atoms in total. The number of halogens is 2. The highest BCUT2D eigenvalue weighted by Gasteiger charge is 2.57. The number of aromatic nitrogens is 4. The standard InChI is InChI=1S/C24H31ClFN6O6PS/c1-14(23(34)35-5)30-39(40,38-16-9-7-6-8-10-16)36-12-24(11-25)19(33)17(26)22(37-24)32-13-27-18-20(31(3)4)28-15(2)29-21(18)32/h6-10,13-14,17,19,22,33H,11-12H2,1-5H3,(H,30,40)/t14-,17-,19-,22+,24+,39+/m0/s1. The molecule has 0 bridgehead atoms. The first-order valence-electron chi connectivity index (χ1n) is 12.2. The number of esters is 1. The smallest absolute Gasteiger partial charge is 0.323 e. The van der Waals surface area contributed by atoms with E-state index in [1.54, 1.807) is 56.3 Å². The number of aliphatic hydroxyl groups excluding tert-OH is 1. The van der Waals surface area contributed by atoms with Crippen molar-refractivity contribution in [2.45, 2.75) is 44.0 Å². The van der Waals surface area contributed by atoms with Crippen molar-refractivity contribution in [1.82, 2.24) is 24.6 Å². The van der Waals surface area contributed by atoms with E-state index in [0.717, 1.165) is 0 Å². The lowest BCUT2D eigenvalue weighted by Crippen LogP contribution is -2.48. The van der Waals surface area contributed by atoms with Crippen LogP contribution >= 0.6 is 18.2 Å². The van der Waals surface area contributed by atoms with Crippen molar-refractivity contribution >= 4 is 53.0 Å². The summed E-state index contributed by atoms with van der Waals surface area (Å²) < 4.78 is 40.0. The number of imidazole rings is 1. The number of hydrogen-bond donors (Lipinski definition) is 2. The van der Waals surface area contributed by atoms with E-state index < -0.39 is 49.4 Å². The van der Waals surface area contributed by atoms with E-state index in [4.69, 9.17) is 41.9 Å². The molecular weight excluding hydrogens is 586 g/mol. The molecule has 1 aliphatic rings. The maximum Gasteiger partial charge on any atom is 0.323 e. The number of para-hydroxylation sites is 1. The van der Waals surface area contributed by atoms with Gasteiger partial charge in [-0.05, 0) is 37.8 Å². The number of alkyl halides is 2. The molecule has 0 radical (unpaired) electrons. The summed E-state index contributed by atoms with van der Waals surface area (Å²) in [6.45, 7) is -0.710. The molecule has 4 rings (SSSR count). The quantitative estimate of drug-likeness (QED) is 0.186. The highest BCUT2D eigenvalue weighted by atomic mass is 35.5. The minimum atomic E-state index is -3.50. The zero-order valence-electron chi connectivity index (χ0n) is 22.5. The third kappa shape index (κ3) is 6.08. The van der Waals surface area contributed by atoms with Gasteiger partial charge >= 0.3 is 12.6 Å². The van der Waals surface area contributed by atoms with Gasteiger partial charge in [-0.2, -0.15) is 0 Å². The summed E-state index contributed by atoms with van der Waals surface area (Å²) in [4.78, 5) is 27.1. The second-order valence-electron chi connectivity index (χ2n) is 9.46. The van der Waals surface area contributed by atoms with Crippen LogP contribution in [0.2, 0.25) is 0 Å². The van der Waals surface area contributed by atoms with Crippen molar-refractivity contribution in [2.24, 2.45) is 0 Å². The Morgan fingerprint density at radius 1 is 1.38 bits per heavy atom. The fraction of sp³-hybridized carbons (Fsp3) is 0.500. The van der Waals surface area contributed by atoms with Gasteiger partial charge in [-0.3, -0.25) is 9.36 Å². The van der Waals surface area contributed by atoms with E-state index in [0.29, 0.717) is 28.6 Å². The summed E-state index contributed by atoms with van der Waals surface area (Å²) in [5.74, 6) is 0.433. The first kappa shape index (κ1) is 30.5. The zero-order valence-corrected chi connectivity index (χ0v) is 25.0. The average Bonchev–Trinajstić information content (AvgIpc) is 3.45. The molecule has 0 saturated carbocycles. The number of benzene rings is 1. The minimum absolute atomic E-state index is 0.327. The molecule has 3 heterocycles. The lowest BCUT2D eigenvalue weighted by molar-refractivity contribution is -0.142. The van der Waals surface area contributed by atoms with E-state index >= 15 is 4.39 Å². The normalized spacial score (nSPS) is 24.9. The van der Waals surface area contributed by atoms with Crippen molar-refractivity contribution in [3.05, 3.63) is 42.5 Å². The lowest BCUT2D eigenvalue weighted by atomic mass is 9.99. The summed E-state index contributed by atoms with van der Waals surface area (Å²) in [5.41, 5.74) is -0.962. The Morgan fingerprint density at radius 2 is 2.08 bits per heavy atom. The fourth-order valence-electron chi connectivity index (χ4n) is 4.18. The molecule has 1 aliphatic heterocycles. The van der Waals surface area contributed by atoms with Crippen LogP contribution in [0.1, 0.15) is 19.0 Å². The molecule has 2 aromatic heterocycles. The Balaban J connectivity index is 1.63. The predicted octanol–water partition coefficient (Wildman–Crippen LogP) is 2.88. The van der Waals surface area contributed by atoms with Gasteiger partial charge in [0.1, 0.15) is 29.3 Å². The van der Waals surface area contributed by atoms with Crippen LogP contribution in [0.5, 0.6) is 5.75 Å². The van der Waals surface area contributed by atoms with Gasteiger partial charge in [-0.1, -0.05) is 18.2 Å². The van der Waals surface area contributed by atoms with Crippen LogP contribution in [0, 0.1) is 6.92 Å². The van der Waals surface area contributed by atoms with Crippen LogP contribution in [0.25, 0.3) is 11.2 Å². The predicted molar refractivity (Wildman–Crippen MR) is 151 cm³/mol. The number of fused-ring (bicyclic) bond motifs is 1. The van der Waals surface area contributed by atoms with Gasteiger partial charge in [0.2, 0.25) is 0 Å². The Labute approximate surface area is 241 Å². The Kier molecular flexibility index (Phi) is 9.30. The second-order valence-corrected chi connectivity index (χ2v) is 12.9. The average molecular weight is 617 g/mol. The van der Waals surface area contributed by atoms with Crippen molar-refractivity contribution in [3.8, 4) is 5.75 Å². The summed E-state index contributed by atoms with van der Waals surface area (Å²) in [6, 6.07) is 7.71. The van der Waals surface area contributed by atoms with E-state index in [1.165, 1.54) is 24.9 Å². The molecule has 1 fully saturated rings. The number of carbonyl (C=O) groups is 1. The Hall–Kier alpha value is -2.45. The number of aryl methyl sites for hydroxylation is 1. The number of carbonyl (C=O) groups excluding carboxylic acids is 1. The van der Waals surface area contributed by atoms with Crippen molar-refractivity contribution < 1.29 is 32.8 Å². The van der Waals surface area contributed by atoms with E-state index in [-0.39, 0.29) is 5.88 Å². The number of nitrogens with one attached hydrogen (secondary N) is 1. The molecule has 3 aromatic rings. The van der Waals surface area contributed by atoms with E-state index in [9.17, 15) is 9.90 Å². The third-order valence-corrected chi connectivity index (χ3v) is 9.19. The van der Waals surface area contributed by atoms with Gasteiger partial charge in [0.15, 0.2) is 29.4 Å². The molecule has 0 aliphatic carbocycles. The van der Waals surface area contributed by atoms with Crippen molar-refractivity contribution in [3.63, 3.8) is 0 Å². The first-order valence-corrected chi connectivity index (χ1v) is 15.4. The van der Waals surface area contributed by atoms with Crippen molar-refractivity contribution in [1.29, 1.82) is 0 Å². The number of nitrogens with zero attached hydrogens (tertiary/aromatic N) is 5. The molecule has 1 aromatic carbocycles. The first-order chi connectivity index (χ1) is 18.9. The van der Waals surface area contributed by atoms with Gasteiger partial charge in [-0.25, -0.2) is 24.4 Å². The highest BCUT2D eigenvalue weighted by molar-refractivity contribution is 8.09. The Morgan fingerprint density at radius 3 is 2.70 bits per heavy atom. The number of rotatable bonds is 11. The largest absolute Gasteiger partial charge is 0.468 e. The number of methoxy groups -OCH3 is 1. The molecule has 2 N–H and O–H groups in total. The molecule has 16 heteroatoms. The maximum atomic E-state index is 15.7. The molecule has 0 amide bonds. The van der Waals surface area contributed by atoms with Crippen LogP contribution in [-0.4, -0.2) is 88.2 Å². The van der Waals surface area contributed by atoms with Gasteiger partial charge in [0.05, 0.1) is 25.9 Å². The monoisotopic (exact) mass is 616 g/mol. The number of anilines is 1. The van der Waals surface area contributed by atoms with Gasteiger partial charge in [0.25, 0.3) is 0 Å². The van der Waals surface area contributed by atoms with E-state index in [2.05, 4.69) is 20.0 Å². The van der Waals surface area contributed by atoms with Crippen LogP contribution in [0.4, 0.5) is 10.2 Å². The van der Waals surface area contributed by atoms with Crippen molar-refractivity contribution in [2.75, 3.05) is 38.6 Å². The molecular formula is C24H31ClFN6O6PS. The maximum absolute atomic E-state index is 15.7. The Bertz CT molecular complexity index is 1400. The lowest BCUT2D eigenvalue weighted by Gasteiger charge is -2.33. The van der Waals surface area contributed by atoms with Crippen LogP contribution < -0.4 is 14.5 Å². The zero-order chi connectivity index (χ0) is 29.2. The van der Waals surface area contributed by atoms with Gasteiger partial charge < -0.3 is 28.5 Å². The minimum Gasteiger partial charge on any atom is -0.468 e. The van der Waals surface area contributed by atoms with Crippen LogP contribution in [-0.2, 0) is 30.6 Å². The highest BCUT2D eigenvalue weighted by Crippen LogP contribution is 2.49. The third-order valence-electron chi connectivity index (χ3n) is 6.26. The molecule has 1 saturated heterocycles. The second kappa shape index (κ2) is 12.2. The van der Waals surface area contributed by atoms with Gasteiger partial charge in [-0.15, -0.1) is 11.6 Å². The molecule has 0 spiro atoms.